The van der Waals surface area contributed by atoms with Gasteiger partial charge >= 0.3 is 12.0 Å². The third-order valence-electron chi connectivity index (χ3n) is 6.49. The van der Waals surface area contributed by atoms with Gasteiger partial charge in [-0.2, -0.15) is 5.10 Å². The lowest BCUT2D eigenvalue weighted by Gasteiger charge is -2.31. The Bertz CT molecular complexity index is 1210. The first-order valence-electron chi connectivity index (χ1n) is 12.3. The van der Waals surface area contributed by atoms with Gasteiger partial charge in [0, 0.05) is 48.2 Å². The van der Waals surface area contributed by atoms with Crippen LogP contribution in [0.15, 0.2) is 54.7 Å². The molecule has 0 radical (unpaired) electrons. The topological polar surface area (TPSA) is 97.7 Å². The van der Waals surface area contributed by atoms with Crippen LogP contribution in [0.2, 0.25) is 5.02 Å². The highest BCUT2D eigenvalue weighted by Crippen LogP contribution is 2.33. The van der Waals surface area contributed by atoms with Crippen LogP contribution in [0.1, 0.15) is 19.3 Å². The molecular formula is C27H32ClN5O4. The van der Waals surface area contributed by atoms with Gasteiger partial charge in [-0.15, -0.1) is 0 Å². The third-order valence-corrected chi connectivity index (χ3v) is 6.74. The monoisotopic (exact) mass is 525 g/mol. The summed E-state index contributed by atoms with van der Waals surface area (Å²) in [6.45, 7) is 3.19. The van der Waals surface area contributed by atoms with E-state index in [-0.39, 0.29) is 12.0 Å². The van der Waals surface area contributed by atoms with E-state index < -0.39 is 0 Å². The second kappa shape index (κ2) is 12.6. The number of nitrogens with zero attached hydrogens (tertiary/aromatic N) is 3. The zero-order chi connectivity index (χ0) is 26.2. The fraction of sp³-hybridized carbons (Fsp3) is 0.370. The van der Waals surface area contributed by atoms with E-state index in [1.165, 1.54) is 7.11 Å². The number of urea groups is 1. The Morgan fingerprint density at radius 1 is 1.05 bits per heavy atom. The van der Waals surface area contributed by atoms with Gasteiger partial charge in [0.15, 0.2) is 0 Å². The van der Waals surface area contributed by atoms with Crippen molar-refractivity contribution < 1.29 is 19.1 Å². The number of carbonyl (C=O) groups is 2. The van der Waals surface area contributed by atoms with Gasteiger partial charge in [0.25, 0.3) is 0 Å². The van der Waals surface area contributed by atoms with Gasteiger partial charge in [-0.1, -0.05) is 11.6 Å². The van der Waals surface area contributed by atoms with E-state index in [0.29, 0.717) is 41.1 Å². The Morgan fingerprint density at radius 2 is 1.76 bits per heavy atom. The van der Waals surface area contributed by atoms with Crippen LogP contribution in [0.4, 0.5) is 16.2 Å². The largest absolute Gasteiger partial charge is 0.492 e. The molecule has 2 amide bonds. The summed E-state index contributed by atoms with van der Waals surface area (Å²) < 4.78 is 12.8. The minimum atomic E-state index is -0.359. The number of likely N-dealkylation sites (tertiary alicyclic amines) is 1. The number of benzene rings is 2. The Labute approximate surface area is 221 Å². The van der Waals surface area contributed by atoms with Gasteiger partial charge in [-0.25, -0.2) is 4.79 Å². The quantitative estimate of drug-likeness (QED) is 0.380. The number of nitrogens with one attached hydrogen (secondary N) is 2. The van der Waals surface area contributed by atoms with Gasteiger partial charge in [0.1, 0.15) is 12.4 Å². The molecule has 1 aliphatic rings. The van der Waals surface area contributed by atoms with Gasteiger partial charge < -0.3 is 20.1 Å². The maximum absolute atomic E-state index is 12.5. The summed E-state index contributed by atoms with van der Waals surface area (Å²) in [5.74, 6) is 0.968. The molecule has 4 rings (SSSR count). The second-order valence-electron chi connectivity index (χ2n) is 9.05. The van der Waals surface area contributed by atoms with Crippen LogP contribution in [-0.4, -0.2) is 60.0 Å². The molecule has 1 saturated heterocycles. The number of anilines is 2. The molecule has 3 aromatic rings. The number of ether oxygens (including phenoxy) is 2. The number of hydrogen-bond donors (Lipinski definition) is 2. The first-order valence-corrected chi connectivity index (χ1v) is 12.7. The number of esters is 1. The smallest absolute Gasteiger partial charge is 0.323 e. The van der Waals surface area contributed by atoms with Gasteiger partial charge in [-0.3, -0.25) is 14.4 Å². The highest BCUT2D eigenvalue weighted by atomic mass is 35.5. The van der Waals surface area contributed by atoms with Crippen molar-refractivity contribution >= 4 is 35.0 Å². The summed E-state index contributed by atoms with van der Waals surface area (Å²) >= 11 is 5.91. The number of hydrogen-bond acceptors (Lipinski definition) is 6. The number of rotatable bonds is 9. The highest BCUT2D eigenvalue weighted by Gasteiger charge is 2.22. The summed E-state index contributed by atoms with van der Waals surface area (Å²) in [7, 11) is 3.30. The molecule has 37 heavy (non-hydrogen) atoms. The number of methoxy groups -OCH3 is 1. The minimum Gasteiger partial charge on any atom is -0.492 e. The maximum atomic E-state index is 12.5. The van der Waals surface area contributed by atoms with Crippen molar-refractivity contribution in [3.63, 3.8) is 0 Å². The zero-order valence-corrected chi connectivity index (χ0v) is 21.8. The van der Waals surface area contributed by atoms with Crippen molar-refractivity contribution in [3.05, 3.63) is 59.8 Å². The molecule has 0 saturated carbocycles. The maximum Gasteiger partial charge on any atom is 0.323 e. The molecule has 2 aromatic carbocycles. The van der Waals surface area contributed by atoms with Crippen LogP contribution in [-0.2, 0) is 16.6 Å². The van der Waals surface area contributed by atoms with Crippen LogP contribution in [0, 0.1) is 5.92 Å². The lowest BCUT2D eigenvalue weighted by Crippen LogP contribution is -2.37. The molecule has 0 unspecified atom stereocenters. The lowest BCUT2D eigenvalue weighted by atomic mass is 9.94. The number of aryl methyl sites for hydroxylation is 1. The van der Waals surface area contributed by atoms with Crippen molar-refractivity contribution in [2.24, 2.45) is 13.0 Å². The first-order chi connectivity index (χ1) is 17.9. The molecule has 1 aliphatic heterocycles. The van der Waals surface area contributed by atoms with Crippen molar-refractivity contribution in [2.75, 3.05) is 44.0 Å². The number of piperidine rings is 1. The molecule has 9 nitrogen and oxygen atoms in total. The molecular weight excluding hydrogens is 494 g/mol. The molecule has 1 aromatic heterocycles. The molecule has 0 bridgehead atoms. The fourth-order valence-electron chi connectivity index (χ4n) is 4.42. The number of aromatic nitrogens is 2. The van der Waals surface area contributed by atoms with Crippen molar-refractivity contribution in [3.8, 4) is 17.0 Å². The van der Waals surface area contributed by atoms with Crippen molar-refractivity contribution in [1.29, 1.82) is 0 Å². The van der Waals surface area contributed by atoms with E-state index in [4.69, 9.17) is 21.1 Å². The van der Waals surface area contributed by atoms with Gasteiger partial charge in [0.05, 0.1) is 12.8 Å². The molecule has 2 heterocycles. The van der Waals surface area contributed by atoms with Crippen LogP contribution >= 0.6 is 11.6 Å². The molecule has 0 atom stereocenters. The Balaban J connectivity index is 1.36. The molecule has 0 aliphatic carbocycles. The van der Waals surface area contributed by atoms with Crippen molar-refractivity contribution in [1.82, 2.24) is 14.7 Å². The lowest BCUT2D eigenvalue weighted by molar-refractivity contribution is -0.142. The molecule has 2 N–H and O–H groups in total. The minimum absolute atomic E-state index is 0.134. The summed E-state index contributed by atoms with van der Waals surface area (Å²) in [4.78, 5) is 26.4. The highest BCUT2D eigenvalue weighted by molar-refractivity contribution is 6.30. The summed E-state index contributed by atoms with van der Waals surface area (Å²) in [5.41, 5.74) is 2.98. The number of halogens is 1. The fourth-order valence-corrected chi connectivity index (χ4v) is 4.54. The van der Waals surface area contributed by atoms with Gasteiger partial charge in [-0.05, 0) is 80.4 Å². The molecule has 0 spiro atoms. The Morgan fingerprint density at radius 3 is 2.43 bits per heavy atom. The predicted molar refractivity (Wildman–Crippen MR) is 144 cm³/mol. The van der Waals surface area contributed by atoms with E-state index in [9.17, 15) is 9.59 Å². The molecule has 196 valence electrons. The predicted octanol–water partition coefficient (Wildman–Crippen LogP) is 5.04. The number of amides is 2. The average molecular weight is 526 g/mol. The van der Waals surface area contributed by atoms with Gasteiger partial charge in [0.2, 0.25) is 0 Å². The van der Waals surface area contributed by atoms with Crippen molar-refractivity contribution in [2.45, 2.75) is 19.3 Å². The summed E-state index contributed by atoms with van der Waals surface area (Å²) in [6.07, 6.45) is 4.18. The van der Waals surface area contributed by atoms with E-state index in [0.717, 1.165) is 43.7 Å². The van der Waals surface area contributed by atoms with Crippen LogP contribution in [0.3, 0.4) is 0 Å². The normalized spacial score (nSPS) is 14.2. The van der Waals surface area contributed by atoms with Crippen LogP contribution in [0.5, 0.6) is 5.75 Å². The van der Waals surface area contributed by atoms with Crippen LogP contribution in [0.25, 0.3) is 11.3 Å². The molecule has 1 fully saturated rings. The first kappa shape index (κ1) is 26.5. The summed E-state index contributed by atoms with van der Waals surface area (Å²) in [5, 5.41) is 10.6. The Kier molecular flexibility index (Phi) is 9.03. The van der Waals surface area contributed by atoms with Crippen LogP contribution < -0.4 is 15.4 Å². The average Bonchev–Trinajstić information content (AvgIpc) is 3.32. The Hall–Kier alpha value is -3.56. The molecule has 10 heteroatoms. The number of carbonyl (C=O) groups excluding carboxylic acids is 2. The standard InChI is InChI=1S/C27H32ClN5O4/c1-32-24(9-12-29-32)23-18-22(31-27(35)30-21-5-3-20(28)4-6-21)7-8-25(23)37-16-15-33-13-10-19(11-14-33)17-26(34)36-2/h3-9,12,18-19H,10-11,13-17H2,1-2H3,(H2,30,31,35). The van der Waals surface area contributed by atoms with E-state index in [1.807, 2.05) is 31.3 Å². The SMILES string of the molecule is COC(=O)CC1CCN(CCOc2ccc(NC(=O)Nc3ccc(Cl)cc3)cc2-c2ccnn2C)CC1. The third kappa shape index (κ3) is 7.47. The van der Waals surface area contributed by atoms with E-state index in [1.54, 1.807) is 35.1 Å². The second-order valence-corrected chi connectivity index (χ2v) is 9.49. The zero-order valence-electron chi connectivity index (χ0n) is 21.1. The summed E-state index contributed by atoms with van der Waals surface area (Å²) in [6, 6.07) is 14.0. The van der Waals surface area contributed by atoms with E-state index >= 15 is 0 Å². The van der Waals surface area contributed by atoms with E-state index in [2.05, 4.69) is 20.6 Å².